The van der Waals surface area contributed by atoms with Gasteiger partial charge in [-0.2, -0.15) is 0 Å². The number of rotatable bonds is 3. The van der Waals surface area contributed by atoms with Gasteiger partial charge >= 0.3 is 0 Å². The highest BCUT2D eigenvalue weighted by atomic mass is 16.5. The van der Waals surface area contributed by atoms with Crippen LogP contribution in [0, 0.1) is 0 Å². The lowest BCUT2D eigenvalue weighted by Crippen LogP contribution is -2.44. The molecule has 2 aliphatic rings. The van der Waals surface area contributed by atoms with Crippen LogP contribution in [0.15, 0.2) is 17.2 Å². The van der Waals surface area contributed by atoms with Gasteiger partial charge in [-0.15, -0.1) is 0 Å². The third-order valence-corrected chi connectivity index (χ3v) is 4.44. The van der Waals surface area contributed by atoms with E-state index in [9.17, 15) is 9.59 Å². The highest BCUT2D eigenvalue weighted by Gasteiger charge is 2.26. The van der Waals surface area contributed by atoms with Gasteiger partial charge in [0.2, 0.25) is 0 Å². The van der Waals surface area contributed by atoms with Gasteiger partial charge < -0.3 is 19.5 Å². The molecule has 0 unspecified atom stereocenters. The fourth-order valence-electron chi connectivity index (χ4n) is 3.24. The minimum absolute atomic E-state index is 0.0438. The van der Waals surface area contributed by atoms with Crippen molar-refractivity contribution < 1.29 is 9.53 Å². The normalized spacial score (nSPS) is 23.5. The van der Waals surface area contributed by atoms with Crippen molar-refractivity contribution in [2.75, 3.05) is 39.3 Å². The molecule has 0 aliphatic carbocycles. The summed E-state index contributed by atoms with van der Waals surface area (Å²) < 4.78 is 5.93. The lowest BCUT2D eigenvalue weighted by Gasteiger charge is -2.31. The monoisotopic (exact) mass is 320 g/mol. The van der Waals surface area contributed by atoms with Crippen molar-refractivity contribution in [2.45, 2.75) is 31.8 Å². The van der Waals surface area contributed by atoms with Crippen LogP contribution >= 0.6 is 0 Å². The standard InChI is InChI=1S/C16H24N4O3/c21-15-10-17-14(9-18-15)16(22)20-7-4-8-23-13(12-20)11-19-5-2-1-3-6-19/h9-10,13H,1-8,11-12H2,(H,18,21)/t13-/m0/s1. The number of hydrogen-bond acceptors (Lipinski definition) is 5. The van der Waals surface area contributed by atoms with Crippen molar-refractivity contribution in [3.8, 4) is 0 Å². The average Bonchev–Trinajstić information content (AvgIpc) is 2.81. The number of nitrogens with one attached hydrogen (secondary N) is 1. The Labute approximate surface area is 135 Å². The van der Waals surface area contributed by atoms with Crippen molar-refractivity contribution >= 4 is 5.91 Å². The van der Waals surface area contributed by atoms with E-state index in [0.29, 0.717) is 19.7 Å². The van der Waals surface area contributed by atoms with Crippen molar-refractivity contribution in [1.82, 2.24) is 19.8 Å². The Morgan fingerprint density at radius 2 is 2.09 bits per heavy atom. The molecular weight excluding hydrogens is 296 g/mol. The zero-order chi connectivity index (χ0) is 16.1. The van der Waals surface area contributed by atoms with Gasteiger partial charge in [0.05, 0.1) is 12.3 Å². The second kappa shape index (κ2) is 7.70. The molecule has 7 heteroatoms. The average molecular weight is 320 g/mol. The van der Waals surface area contributed by atoms with Crippen molar-refractivity contribution in [3.05, 3.63) is 28.4 Å². The van der Waals surface area contributed by atoms with Gasteiger partial charge in [0.25, 0.3) is 11.5 Å². The molecule has 3 heterocycles. The molecule has 2 fully saturated rings. The minimum Gasteiger partial charge on any atom is -0.375 e. The number of ether oxygens (including phenoxy) is 1. The fourth-order valence-corrected chi connectivity index (χ4v) is 3.24. The Balaban J connectivity index is 1.62. The predicted molar refractivity (Wildman–Crippen MR) is 85.4 cm³/mol. The minimum atomic E-state index is -0.302. The summed E-state index contributed by atoms with van der Waals surface area (Å²) in [5, 5.41) is 0. The Kier molecular flexibility index (Phi) is 5.40. The maximum Gasteiger partial charge on any atom is 0.274 e. The number of likely N-dealkylation sites (tertiary alicyclic amines) is 1. The van der Waals surface area contributed by atoms with E-state index >= 15 is 0 Å². The summed E-state index contributed by atoms with van der Waals surface area (Å²) in [7, 11) is 0. The first-order valence-corrected chi connectivity index (χ1v) is 8.40. The first-order valence-electron chi connectivity index (χ1n) is 8.40. The van der Waals surface area contributed by atoms with E-state index in [4.69, 9.17) is 4.74 Å². The van der Waals surface area contributed by atoms with Crippen LogP contribution in [0.2, 0.25) is 0 Å². The van der Waals surface area contributed by atoms with E-state index in [1.54, 1.807) is 4.90 Å². The molecule has 2 aliphatic heterocycles. The summed E-state index contributed by atoms with van der Waals surface area (Å²) >= 11 is 0. The summed E-state index contributed by atoms with van der Waals surface area (Å²) in [6.45, 7) is 5.04. The quantitative estimate of drug-likeness (QED) is 0.877. The predicted octanol–water partition coefficient (Wildman–Crippen LogP) is 0.487. The smallest absolute Gasteiger partial charge is 0.274 e. The molecule has 1 amide bonds. The van der Waals surface area contributed by atoms with E-state index < -0.39 is 0 Å². The lowest BCUT2D eigenvalue weighted by molar-refractivity contribution is 0.0215. The number of carbonyl (C=O) groups excluding carboxylic acids is 1. The van der Waals surface area contributed by atoms with Crippen LogP contribution in [0.4, 0.5) is 0 Å². The highest BCUT2D eigenvalue weighted by molar-refractivity contribution is 5.92. The maximum absolute atomic E-state index is 12.6. The summed E-state index contributed by atoms with van der Waals surface area (Å²) in [6, 6.07) is 0. The summed E-state index contributed by atoms with van der Waals surface area (Å²) in [5.74, 6) is -0.143. The van der Waals surface area contributed by atoms with Gasteiger partial charge in [-0.3, -0.25) is 9.59 Å². The number of nitrogens with zero attached hydrogens (tertiary/aromatic N) is 3. The summed E-state index contributed by atoms with van der Waals surface area (Å²) in [5.41, 5.74) is -0.0213. The van der Waals surface area contributed by atoms with Gasteiger partial charge in [-0.1, -0.05) is 6.42 Å². The number of H-pyrrole nitrogens is 1. The second-order valence-electron chi connectivity index (χ2n) is 6.26. The molecule has 7 nitrogen and oxygen atoms in total. The largest absolute Gasteiger partial charge is 0.375 e. The highest BCUT2D eigenvalue weighted by Crippen LogP contribution is 2.14. The van der Waals surface area contributed by atoms with Gasteiger partial charge in [-0.05, 0) is 32.4 Å². The van der Waals surface area contributed by atoms with Crippen molar-refractivity contribution in [3.63, 3.8) is 0 Å². The number of hydrogen-bond donors (Lipinski definition) is 1. The Bertz CT molecular complexity index is 562. The molecule has 1 aromatic heterocycles. The van der Waals surface area contributed by atoms with E-state index in [1.165, 1.54) is 25.5 Å². The molecule has 1 aromatic rings. The second-order valence-corrected chi connectivity index (χ2v) is 6.26. The SMILES string of the molecule is O=C(c1c[nH]c(=O)cn1)N1CCCO[C@@H](CN2CCCCC2)C1. The zero-order valence-corrected chi connectivity index (χ0v) is 13.4. The number of aromatic amines is 1. The molecule has 0 bridgehead atoms. The van der Waals surface area contributed by atoms with Crippen LogP contribution in [0.3, 0.4) is 0 Å². The number of piperidine rings is 1. The van der Waals surface area contributed by atoms with Crippen LogP contribution < -0.4 is 5.56 Å². The van der Waals surface area contributed by atoms with Crippen LogP contribution in [0.25, 0.3) is 0 Å². The van der Waals surface area contributed by atoms with E-state index in [0.717, 1.165) is 32.3 Å². The van der Waals surface area contributed by atoms with Crippen LogP contribution in [-0.2, 0) is 4.74 Å². The molecule has 0 aromatic carbocycles. The molecule has 1 atom stereocenters. The first kappa shape index (κ1) is 16.1. The van der Waals surface area contributed by atoms with Crippen molar-refractivity contribution in [2.24, 2.45) is 0 Å². The topological polar surface area (TPSA) is 78.5 Å². The maximum atomic E-state index is 12.6. The van der Waals surface area contributed by atoms with Gasteiger partial charge in [0.15, 0.2) is 0 Å². The summed E-state index contributed by atoms with van der Waals surface area (Å²) in [6.07, 6.45) is 7.20. The Hall–Kier alpha value is -1.73. The molecule has 0 spiro atoms. The van der Waals surface area contributed by atoms with Crippen LogP contribution in [-0.4, -0.2) is 71.1 Å². The molecule has 0 saturated carbocycles. The molecule has 0 radical (unpaired) electrons. The van der Waals surface area contributed by atoms with E-state index in [1.807, 2.05) is 0 Å². The van der Waals surface area contributed by atoms with Gasteiger partial charge in [0, 0.05) is 32.4 Å². The van der Waals surface area contributed by atoms with E-state index in [2.05, 4.69) is 14.9 Å². The van der Waals surface area contributed by atoms with Gasteiger partial charge in [-0.25, -0.2) is 4.98 Å². The number of carbonyl (C=O) groups is 1. The first-order chi connectivity index (χ1) is 11.2. The van der Waals surface area contributed by atoms with Crippen molar-refractivity contribution in [1.29, 1.82) is 0 Å². The molecule has 3 rings (SSSR count). The lowest BCUT2D eigenvalue weighted by atomic mass is 10.1. The van der Waals surface area contributed by atoms with Gasteiger partial charge in [0.1, 0.15) is 5.69 Å². The third-order valence-electron chi connectivity index (χ3n) is 4.44. The number of amides is 1. The number of aromatic nitrogens is 2. The summed E-state index contributed by atoms with van der Waals surface area (Å²) in [4.78, 5) is 34.3. The Morgan fingerprint density at radius 3 is 2.83 bits per heavy atom. The molecule has 23 heavy (non-hydrogen) atoms. The third kappa shape index (κ3) is 4.39. The van der Waals surface area contributed by atoms with E-state index in [-0.39, 0.29) is 23.3 Å². The fraction of sp³-hybridized carbons (Fsp3) is 0.688. The molecule has 2 saturated heterocycles. The molecule has 126 valence electrons. The van der Waals surface area contributed by atoms with Crippen LogP contribution in [0.5, 0.6) is 0 Å². The Morgan fingerprint density at radius 1 is 1.26 bits per heavy atom. The molecule has 1 N–H and O–H groups in total. The van der Waals surface area contributed by atoms with Crippen LogP contribution in [0.1, 0.15) is 36.2 Å². The molecular formula is C16H24N4O3. The zero-order valence-electron chi connectivity index (χ0n) is 13.4.